The first-order valence-corrected chi connectivity index (χ1v) is 6.07. The maximum atomic E-state index is 13.2. The van der Waals surface area contributed by atoms with Crippen molar-refractivity contribution < 1.29 is 18.3 Å². The average Bonchev–Trinajstić information content (AvgIpc) is 2.35. The van der Waals surface area contributed by atoms with Crippen LogP contribution in [0.4, 0.5) is 13.2 Å². The summed E-state index contributed by atoms with van der Waals surface area (Å²) in [5.74, 6) is -3.79. The van der Waals surface area contributed by atoms with Gasteiger partial charge in [-0.2, -0.15) is 0 Å². The predicted molar refractivity (Wildman–Crippen MR) is 61.5 cm³/mol. The van der Waals surface area contributed by atoms with E-state index in [0.29, 0.717) is 12.0 Å². The van der Waals surface area contributed by atoms with Crippen molar-refractivity contribution in [2.75, 3.05) is 0 Å². The molecule has 0 saturated carbocycles. The first-order chi connectivity index (χ1) is 8.49. The lowest BCUT2D eigenvalue weighted by molar-refractivity contribution is 0.116. The van der Waals surface area contributed by atoms with E-state index < -0.39 is 23.6 Å². The van der Waals surface area contributed by atoms with Crippen LogP contribution in [0.15, 0.2) is 12.1 Å². The number of rotatable bonds is 2. The van der Waals surface area contributed by atoms with Gasteiger partial charge in [-0.1, -0.05) is 0 Å². The van der Waals surface area contributed by atoms with Gasteiger partial charge in [0.15, 0.2) is 17.5 Å². The Balaban J connectivity index is 2.21. The van der Waals surface area contributed by atoms with Crippen molar-refractivity contribution in [3.8, 4) is 0 Å². The number of aliphatic hydroxyl groups excluding tert-OH is 1. The van der Waals surface area contributed by atoms with Gasteiger partial charge in [0, 0.05) is 12.1 Å². The molecule has 1 aliphatic heterocycles. The van der Waals surface area contributed by atoms with Gasteiger partial charge in [-0.25, -0.2) is 13.2 Å². The number of nitrogens with one attached hydrogen (secondary N) is 1. The van der Waals surface area contributed by atoms with Gasteiger partial charge in [0.25, 0.3) is 0 Å². The fourth-order valence-electron chi connectivity index (χ4n) is 2.39. The first kappa shape index (κ1) is 13.4. The molecule has 1 saturated heterocycles. The molecule has 1 aromatic carbocycles. The molecule has 0 unspecified atom stereocenters. The van der Waals surface area contributed by atoms with E-state index in [1.165, 1.54) is 0 Å². The highest BCUT2D eigenvalue weighted by atomic mass is 19.2. The quantitative estimate of drug-likeness (QED) is 0.800. The summed E-state index contributed by atoms with van der Waals surface area (Å²) in [6.07, 6.45) is 1.87. The largest absolute Gasteiger partial charge is 0.392 e. The Morgan fingerprint density at radius 3 is 2.39 bits per heavy atom. The molecule has 2 rings (SSSR count). The Labute approximate surface area is 104 Å². The molecule has 1 aliphatic rings. The minimum absolute atomic E-state index is 0.0973. The van der Waals surface area contributed by atoms with Crippen molar-refractivity contribution in [2.45, 2.75) is 44.4 Å². The molecule has 5 heteroatoms. The third kappa shape index (κ3) is 2.67. The molecule has 0 spiro atoms. The highest BCUT2D eigenvalue weighted by molar-refractivity contribution is 5.23. The Kier molecular flexibility index (Phi) is 3.92. The molecule has 18 heavy (non-hydrogen) atoms. The van der Waals surface area contributed by atoms with Gasteiger partial charge in [-0.15, -0.1) is 0 Å². The van der Waals surface area contributed by atoms with Crippen molar-refractivity contribution in [1.82, 2.24) is 5.32 Å². The van der Waals surface area contributed by atoms with Crippen LogP contribution in [0.5, 0.6) is 0 Å². The molecule has 0 aromatic heterocycles. The molecule has 0 bridgehead atoms. The molecular formula is C13H16F3NO. The van der Waals surface area contributed by atoms with Gasteiger partial charge in [0.05, 0.1) is 6.10 Å². The Morgan fingerprint density at radius 2 is 1.83 bits per heavy atom. The number of hydrogen-bond donors (Lipinski definition) is 2. The Morgan fingerprint density at radius 1 is 1.22 bits per heavy atom. The van der Waals surface area contributed by atoms with Crippen molar-refractivity contribution in [3.63, 3.8) is 0 Å². The second-order valence-corrected chi connectivity index (χ2v) is 4.80. The van der Waals surface area contributed by atoms with Crippen LogP contribution >= 0.6 is 0 Å². The van der Waals surface area contributed by atoms with Crippen molar-refractivity contribution in [1.29, 1.82) is 0 Å². The predicted octanol–water partition coefficient (Wildman–Crippen LogP) is 2.67. The average molecular weight is 259 g/mol. The van der Waals surface area contributed by atoms with E-state index in [1.54, 1.807) is 6.92 Å². The zero-order chi connectivity index (χ0) is 13.3. The smallest absolute Gasteiger partial charge is 0.194 e. The summed E-state index contributed by atoms with van der Waals surface area (Å²) in [5, 5.41) is 12.7. The van der Waals surface area contributed by atoms with E-state index in [4.69, 9.17) is 0 Å². The number of halogens is 3. The minimum atomic E-state index is -1.44. The van der Waals surface area contributed by atoms with Crippen LogP contribution < -0.4 is 5.32 Å². The molecule has 100 valence electrons. The lowest BCUT2D eigenvalue weighted by Gasteiger charge is -2.33. The summed E-state index contributed by atoms with van der Waals surface area (Å²) >= 11 is 0. The van der Waals surface area contributed by atoms with E-state index in [-0.39, 0.29) is 12.1 Å². The second kappa shape index (κ2) is 5.28. The second-order valence-electron chi connectivity index (χ2n) is 4.80. The zero-order valence-corrected chi connectivity index (χ0v) is 10.1. The number of benzene rings is 1. The number of hydrogen-bond acceptors (Lipinski definition) is 2. The maximum Gasteiger partial charge on any atom is 0.194 e. The molecule has 3 atom stereocenters. The summed E-state index contributed by atoms with van der Waals surface area (Å²) in [6.45, 7) is 1.67. The third-order valence-corrected chi connectivity index (χ3v) is 3.41. The van der Waals surface area contributed by atoms with Crippen molar-refractivity contribution in [2.24, 2.45) is 0 Å². The summed E-state index contributed by atoms with van der Waals surface area (Å²) < 4.78 is 39.2. The fraction of sp³-hybridized carbons (Fsp3) is 0.538. The van der Waals surface area contributed by atoms with Gasteiger partial charge in [-0.3, -0.25) is 0 Å². The number of piperidine rings is 1. The summed E-state index contributed by atoms with van der Waals surface area (Å²) in [7, 11) is 0. The van der Waals surface area contributed by atoms with Crippen LogP contribution in [0.2, 0.25) is 0 Å². The normalized spacial score (nSPS) is 26.1. The van der Waals surface area contributed by atoms with Crippen LogP contribution in [-0.2, 0) is 0 Å². The summed E-state index contributed by atoms with van der Waals surface area (Å²) in [5.41, 5.74) is 0.386. The standard InChI is InChI=1S/C13H16F3NO/c1-7(18)11-3-2-4-12(17-11)8-5-9(14)13(16)10(15)6-8/h5-7,11-12,17-18H,2-4H2,1H3/t7-,11+,12-/m0/s1. The SMILES string of the molecule is C[C@H](O)[C@H]1CCC[C@@H](c2cc(F)c(F)c(F)c2)N1. The van der Waals surface area contributed by atoms with E-state index in [2.05, 4.69) is 5.32 Å². The molecule has 2 N–H and O–H groups in total. The highest BCUT2D eigenvalue weighted by Gasteiger charge is 2.26. The third-order valence-electron chi connectivity index (χ3n) is 3.41. The fourth-order valence-corrected chi connectivity index (χ4v) is 2.39. The van der Waals surface area contributed by atoms with Gasteiger partial charge < -0.3 is 10.4 Å². The van der Waals surface area contributed by atoms with E-state index in [0.717, 1.165) is 25.0 Å². The Hall–Kier alpha value is -1.07. The minimum Gasteiger partial charge on any atom is -0.392 e. The summed E-state index contributed by atoms with van der Waals surface area (Å²) in [4.78, 5) is 0. The molecule has 2 nitrogen and oxygen atoms in total. The lowest BCUT2D eigenvalue weighted by atomic mass is 9.91. The van der Waals surface area contributed by atoms with E-state index in [9.17, 15) is 18.3 Å². The van der Waals surface area contributed by atoms with E-state index >= 15 is 0 Å². The zero-order valence-electron chi connectivity index (χ0n) is 10.1. The Bertz CT molecular complexity index is 413. The van der Waals surface area contributed by atoms with Gasteiger partial charge in [-0.05, 0) is 43.9 Å². The lowest BCUT2D eigenvalue weighted by Crippen LogP contribution is -2.43. The molecule has 1 fully saturated rings. The van der Waals surface area contributed by atoms with Crippen LogP contribution in [0, 0.1) is 17.5 Å². The van der Waals surface area contributed by atoms with Gasteiger partial charge in [0.1, 0.15) is 0 Å². The first-order valence-electron chi connectivity index (χ1n) is 6.07. The van der Waals surface area contributed by atoms with Crippen LogP contribution in [-0.4, -0.2) is 17.3 Å². The van der Waals surface area contributed by atoms with Crippen molar-refractivity contribution >= 4 is 0 Å². The molecular weight excluding hydrogens is 243 g/mol. The molecule has 1 aromatic rings. The number of aliphatic hydroxyl groups is 1. The molecule has 0 radical (unpaired) electrons. The van der Waals surface area contributed by atoms with Gasteiger partial charge in [0.2, 0.25) is 0 Å². The van der Waals surface area contributed by atoms with Gasteiger partial charge >= 0.3 is 0 Å². The van der Waals surface area contributed by atoms with Crippen LogP contribution in [0.3, 0.4) is 0 Å². The van der Waals surface area contributed by atoms with Crippen molar-refractivity contribution in [3.05, 3.63) is 35.1 Å². The summed E-state index contributed by atoms with van der Waals surface area (Å²) in [6, 6.07) is 1.68. The maximum absolute atomic E-state index is 13.2. The molecule has 0 amide bonds. The monoisotopic (exact) mass is 259 g/mol. The molecule has 1 heterocycles. The van der Waals surface area contributed by atoms with Crippen LogP contribution in [0.1, 0.15) is 37.8 Å². The molecule has 0 aliphatic carbocycles. The topological polar surface area (TPSA) is 32.3 Å². The van der Waals surface area contributed by atoms with E-state index in [1.807, 2.05) is 0 Å². The highest BCUT2D eigenvalue weighted by Crippen LogP contribution is 2.28. The van der Waals surface area contributed by atoms with Crippen LogP contribution in [0.25, 0.3) is 0 Å².